The van der Waals surface area contributed by atoms with Crippen LogP contribution in [0.4, 0.5) is 11.4 Å². The molecule has 0 aliphatic carbocycles. The molecule has 1 fully saturated rings. The molecular formula is C20H20K2N2O10S2. The number of nitrogen functional groups attached to an aromatic ring is 1. The first kappa shape index (κ1) is 37.8. The molecule has 2 aromatic carbocycles. The number of amides is 1. The second-order valence-corrected chi connectivity index (χ2v) is 9.38. The van der Waals surface area contributed by atoms with Crippen molar-refractivity contribution in [3.8, 4) is 0 Å². The summed E-state index contributed by atoms with van der Waals surface area (Å²) in [6, 6.07) is 9.83. The van der Waals surface area contributed by atoms with E-state index in [0.717, 1.165) is 12.1 Å². The second-order valence-electron chi connectivity index (χ2n) is 6.62. The van der Waals surface area contributed by atoms with Crippen molar-refractivity contribution in [3.05, 3.63) is 60.9 Å². The van der Waals surface area contributed by atoms with Crippen molar-refractivity contribution in [1.29, 1.82) is 0 Å². The average molecular weight is 591 g/mol. The summed E-state index contributed by atoms with van der Waals surface area (Å²) in [5, 5.41) is 2.40. The molecular weight excluding hydrogens is 571 g/mol. The number of hydrogen-bond acceptors (Lipinski definition) is 11. The van der Waals surface area contributed by atoms with Crippen LogP contribution in [-0.2, 0) is 39.4 Å². The number of esters is 1. The van der Waals surface area contributed by atoms with Gasteiger partial charge in [0.15, 0.2) is 0 Å². The summed E-state index contributed by atoms with van der Waals surface area (Å²) >= 11 is 0. The number of ether oxygens (including phenoxy) is 1. The van der Waals surface area contributed by atoms with Gasteiger partial charge in [0.1, 0.15) is 38.2 Å². The van der Waals surface area contributed by atoms with Crippen LogP contribution in [-0.4, -0.2) is 43.6 Å². The van der Waals surface area contributed by atoms with E-state index in [1.165, 1.54) is 43.3 Å². The van der Waals surface area contributed by atoms with Gasteiger partial charge < -0.3 is 24.9 Å². The number of Topliss-reactive ketones (excluding diaryl/α,β-unsaturated/α-hetero) is 1. The summed E-state index contributed by atoms with van der Waals surface area (Å²) in [4.78, 5) is 31.0. The third-order valence-electron chi connectivity index (χ3n) is 3.60. The number of nitrogens with one attached hydrogen (secondary N) is 1. The number of carbonyl (C=O) groups is 3. The predicted octanol–water partition coefficient (Wildman–Crippen LogP) is -4.86. The Kier molecular flexibility index (Phi) is 18.2. The summed E-state index contributed by atoms with van der Waals surface area (Å²) in [6.45, 7) is 4.65. The monoisotopic (exact) mass is 590 g/mol. The van der Waals surface area contributed by atoms with Gasteiger partial charge in [0, 0.05) is 11.4 Å². The number of ketones is 1. The third-order valence-corrected chi connectivity index (χ3v) is 5.30. The largest absolute Gasteiger partial charge is 1.00 e. The van der Waals surface area contributed by atoms with Gasteiger partial charge in [-0.05, 0) is 55.5 Å². The zero-order valence-corrected chi connectivity index (χ0v) is 27.6. The maximum atomic E-state index is 11.2. The minimum Gasteiger partial charge on any atom is -0.744 e. The first-order valence-electron chi connectivity index (χ1n) is 9.13. The van der Waals surface area contributed by atoms with E-state index in [-0.39, 0.29) is 131 Å². The van der Waals surface area contributed by atoms with Gasteiger partial charge in [-0.25, -0.2) is 16.8 Å². The van der Waals surface area contributed by atoms with Crippen molar-refractivity contribution in [3.63, 3.8) is 0 Å². The Balaban J connectivity index is 0. The molecule has 3 rings (SSSR count). The van der Waals surface area contributed by atoms with E-state index in [1.807, 2.05) is 0 Å². The van der Waals surface area contributed by atoms with Crippen LogP contribution in [0.3, 0.4) is 0 Å². The van der Waals surface area contributed by atoms with Crippen molar-refractivity contribution < 1.29 is 148 Å². The minimum absolute atomic E-state index is 0. The van der Waals surface area contributed by atoms with Crippen LogP contribution in [0.5, 0.6) is 0 Å². The summed E-state index contributed by atoms with van der Waals surface area (Å²) in [5.41, 5.74) is 6.02. The molecule has 0 saturated carbocycles. The van der Waals surface area contributed by atoms with E-state index in [0.29, 0.717) is 23.6 Å². The number of rotatable bonds is 5. The maximum Gasteiger partial charge on any atom is 1.00 e. The summed E-state index contributed by atoms with van der Waals surface area (Å²) in [5.74, 6) is -0.350. The topological polar surface area (TPSA) is 213 Å². The van der Waals surface area contributed by atoms with Crippen molar-refractivity contribution >= 4 is 49.3 Å². The Morgan fingerprint density at radius 1 is 0.944 bits per heavy atom. The molecule has 184 valence electrons. The summed E-state index contributed by atoms with van der Waals surface area (Å²) in [6.07, 6.45) is 0.168. The predicted molar refractivity (Wildman–Crippen MR) is 117 cm³/mol. The minimum atomic E-state index is -4.48. The zero-order chi connectivity index (χ0) is 26.1. The third kappa shape index (κ3) is 15.8. The average Bonchev–Trinajstić information content (AvgIpc) is 2.67. The first-order chi connectivity index (χ1) is 15.6. The quantitative estimate of drug-likeness (QED) is 0.111. The smallest absolute Gasteiger partial charge is 0.744 e. The fourth-order valence-corrected chi connectivity index (χ4v) is 3.02. The molecule has 36 heavy (non-hydrogen) atoms. The van der Waals surface area contributed by atoms with Gasteiger partial charge in [0.05, 0.1) is 16.2 Å². The Bertz CT molecular complexity index is 1260. The molecule has 12 nitrogen and oxygen atoms in total. The van der Waals surface area contributed by atoms with Crippen LogP contribution in [0.1, 0.15) is 19.8 Å². The van der Waals surface area contributed by atoms with E-state index < -0.39 is 26.1 Å². The molecule has 2 aromatic rings. The van der Waals surface area contributed by atoms with E-state index >= 15 is 0 Å². The Labute approximate surface area is 293 Å². The van der Waals surface area contributed by atoms with E-state index in [1.54, 1.807) is 0 Å². The van der Waals surface area contributed by atoms with E-state index in [4.69, 9.17) is 5.73 Å². The summed E-state index contributed by atoms with van der Waals surface area (Å²) < 4.78 is 67.2. The molecule has 0 unspecified atom stereocenters. The van der Waals surface area contributed by atoms with E-state index in [9.17, 15) is 40.3 Å². The van der Waals surface area contributed by atoms with Crippen LogP contribution < -0.4 is 114 Å². The van der Waals surface area contributed by atoms with Gasteiger partial charge in [-0.2, -0.15) is 0 Å². The van der Waals surface area contributed by atoms with Crippen molar-refractivity contribution in [2.45, 2.75) is 29.6 Å². The fraction of sp³-hybridized carbons (Fsp3) is 0.150. The molecule has 16 heteroatoms. The second kappa shape index (κ2) is 17.3. The van der Waals surface area contributed by atoms with Gasteiger partial charge in [0.25, 0.3) is 0 Å². The molecule has 0 atom stereocenters. The number of anilines is 2. The van der Waals surface area contributed by atoms with Gasteiger partial charge >= 0.3 is 109 Å². The molecule has 1 saturated heterocycles. The molecule has 0 radical (unpaired) electrons. The van der Waals surface area contributed by atoms with Crippen LogP contribution in [0.15, 0.2) is 70.7 Å². The Morgan fingerprint density at radius 2 is 1.33 bits per heavy atom. The van der Waals surface area contributed by atoms with Crippen molar-refractivity contribution in [2.24, 2.45) is 0 Å². The van der Waals surface area contributed by atoms with E-state index in [2.05, 4.69) is 16.6 Å². The molecule has 3 N–H and O–H groups in total. The Hall–Kier alpha value is -0.317. The number of benzene rings is 2. The maximum absolute atomic E-state index is 11.2. The molecule has 0 spiro atoms. The summed E-state index contributed by atoms with van der Waals surface area (Å²) in [7, 11) is -8.81. The van der Waals surface area contributed by atoms with Gasteiger partial charge in [-0.1, -0.05) is 6.58 Å². The van der Waals surface area contributed by atoms with Gasteiger partial charge in [-0.3, -0.25) is 14.4 Å². The molecule has 1 amide bonds. The van der Waals surface area contributed by atoms with Crippen molar-refractivity contribution in [1.82, 2.24) is 0 Å². The fourth-order valence-electron chi connectivity index (χ4n) is 2.08. The molecule has 1 aliphatic heterocycles. The van der Waals surface area contributed by atoms with Gasteiger partial charge in [0.2, 0.25) is 5.91 Å². The van der Waals surface area contributed by atoms with Crippen LogP contribution in [0.25, 0.3) is 0 Å². The molecule has 0 bridgehead atoms. The number of carbonyl (C=O) groups excluding carboxylic acids is 3. The standard InChI is InChI=1S/C10H11NO5S.C6H7NO3S.C4H4O2.2K/c1-7(12)6-10(13)11-8-2-4-9(5-3-8)17(14,15)16;7-5-1-3-6(4-2-5)11(8,9)10;1-3-2-4(5)6-3;;/h2-5H,6H2,1H3,(H,11,13)(H,14,15,16);1-4H,7H2,(H,8,9,10);1-2H2;;/q;;;2*+1/p-2. The SMILES string of the molecule is C=C1CC(=O)O1.CC(=O)CC(=O)Nc1ccc(S(=O)(=O)[O-])cc1.Nc1ccc(S(=O)(=O)[O-])cc1.[K+].[K+]. The first-order valence-corrected chi connectivity index (χ1v) is 11.9. The molecule has 0 aromatic heterocycles. The van der Waals surface area contributed by atoms with Crippen LogP contribution in [0.2, 0.25) is 0 Å². The number of hydrogen-bond donors (Lipinski definition) is 2. The number of nitrogens with two attached hydrogens (primary N) is 1. The zero-order valence-electron chi connectivity index (χ0n) is 19.7. The Morgan fingerprint density at radius 3 is 1.61 bits per heavy atom. The number of cyclic esters (lactones) is 1. The van der Waals surface area contributed by atoms with Crippen LogP contribution in [0, 0.1) is 0 Å². The molecule has 1 heterocycles. The normalized spacial score (nSPS) is 11.9. The van der Waals surface area contributed by atoms with Crippen LogP contribution >= 0.6 is 0 Å². The van der Waals surface area contributed by atoms with Gasteiger partial charge in [-0.15, -0.1) is 0 Å². The van der Waals surface area contributed by atoms with Crippen molar-refractivity contribution in [2.75, 3.05) is 11.1 Å². The molecule has 1 aliphatic rings.